The third kappa shape index (κ3) is 5.93. The van der Waals surface area contributed by atoms with E-state index < -0.39 is 35.2 Å². The summed E-state index contributed by atoms with van der Waals surface area (Å²) in [5.41, 5.74) is -2.43. The van der Waals surface area contributed by atoms with Crippen molar-refractivity contribution >= 4 is 23.5 Å². The van der Waals surface area contributed by atoms with Gasteiger partial charge in [0.2, 0.25) is 0 Å². The smallest absolute Gasteiger partial charge is 0.419 e. The SMILES string of the molecule is CC(C)(C)OC(=O)Nc1ccc(NC(=O)c2ccc(F)c(C(F)(F)F)c2)cn1. The highest BCUT2D eigenvalue weighted by Crippen LogP contribution is 2.32. The van der Waals surface area contributed by atoms with Gasteiger partial charge in [-0.3, -0.25) is 10.1 Å². The first kappa shape index (κ1) is 21.1. The maximum atomic E-state index is 13.3. The second kappa shape index (κ2) is 7.83. The van der Waals surface area contributed by atoms with Gasteiger partial charge in [0, 0.05) is 5.56 Å². The molecule has 0 spiro atoms. The molecule has 6 nitrogen and oxygen atoms in total. The van der Waals surface area contributed by atoms with Crippen molar-refractivity contribution in [1.82, 2.24) is 4.98 Å². The van der Waals surface area contributed by atoms with Crippen molar-refractivity contribution in [1.29, 1.82) is 0 Å². The zero-order chi connectivity index (χ0) is 21.1. The van der Waals surface area contributed by atoms with Crippen LogP contribution in [0.2, 0.25) is 0 Å². The van der Waals surface area contributed by atoms with Crippen molar-refractivity contribution in [3.63, 3.8) is 0 Å². The van der Waals surface area contributed by atoms with Gasteiger partial charge in [0.15, 0.2) is 0 Å². The number of hydrogen-bond acceptors (Lipinski definition) is 4. The van der Waals surface area contributed by atoms with E-state index in [-0.39, 0.29) is 17.1 Å². The molecule has 2 rings (SSSR count). The highest BCUT2D eigenvalue weighted by atomic mass is 19.4. The maximum absolute atomic E-state index is 13.3. The van der Waals surface area contributed by atoms with Crippen LogP contribution in [0.15, 0.2) is 36.5 Å². The summed E-state index contributed by atoms with van der Waals surface area (Å²) in [6.07, 6.45) is -4.45. The number of hydrogen-bond donors (Lipinski definition) is 2. The van der Waals surface area contributed by atoms with Gasteiger partial charge in [-0.2, -0.15) is 13.2 Å². The molecule has 1 heterocycles. The molecular weight excluding hydrogens is 382 g/mol. The van der Waals surface area contributed by atoms with Crippen LogP contribution in [0.1, 0.15) is 36.7 Å². The van der Waals surface area contributed by atoms with E-state index in [4.69, 9.17) is 4.74 Å². The van der Waals surface area contributed by atoms with Crippen molar-refractivity contribution in [3.05, 3.63) is 53.5 Å². The second-order valence-electron chi connectivity index (χ2n) is 6.71. The number of benzene rings is 1. The lowest BCUT2D eigenvalue weighted by Gasteiger charge is -2.19. The van der Waals surface area contributed by atoms with Crippen LogP contribution in [-0.2, 0) is 10.9 Å². The van der Waals surface area contributed by atoms with Gasteiger partial charge in [0.25, 0.3) is 5.91 Å². The van der Waals surface area contributed by atoms with Crippen molar-refractivity contribution in [2.24, 2.45) is 0 Å². The molecule has 2 aromatic rings. The second-order valence-corrected chi connectivity index (χ2v) is 6.71. The lowest BCUT2D eigenvalue weighted by molar-refractivity contribution is -0.140. The largest absolute Gasteiger partial charge is 0.444 e. The summed E-state index contributed by atoms with van der Waals surface area (Å²) in [5, 5.41) is 4.73. The fourth-order valence-corrected chi connectivity index (χ4v) is 2.04. The van der Waals surface area contributed by atoms with E-state index in [0.29, 0.717) is 12.1 Å². The molecule has 0 atom stereocenters. The van der Waals surface area contributed by atoms with Crippen LogP contribution in [-0.4, -0.2) is 22.6 Å². The van der Waals surface area contributed by atoms with Crippen LogP contribution in [0.4, 0.5) is 33.9 Å². The number of aromatic nitrogens is 1. The number of ether oxygens (including phenoxy) is 1. The summed E-state index contributed by atoms with van der Waals surface area (Å²) in [4.78, 5) is 27.7. The highest BCUT2D eigenvalue weighted by Gasteiger charge is 2.34. The number of rotatable bonds is 3. The molecule has 2 N–H and O–H groups in total. The Morgan fingerprint density at radius 3 is 2.25 bits per heavy atom. The molecule has 10 heteroatoms. The molecule has 0 aliphatic heterocycles. The Morgan fingerprint density at radius 2 is 1.71 bits per heavy atom. The normalized spacial score (nSPS) is 11.7. The van der Waals surface area contributed by atoms with E-state index in [1.807, 2.05) is 0 Å². The minimum absolute atomic E-state index is 0.147. The van der Waals surface area contributed by atoms with Gasteiger partial charge < -0.3 is 10.1 Å². The highest BCUT2D eigenvalue weighted by molar-refractivity contribution is 6.04. The summed E-state index contributed by atoms with van der Waals surface area (Å²) in [7, 11) is 0. The van der Waals surface area contributed by atoms with Gasteiger partial charge >= 0.3 is 12.3 Å². The average molecular weight is 399 g/mol. The van der Waals surface area contributed by atoms with E-state index in [1.165, 1.54) is 18.3 Å². The van der Waals surface area contributed by atoms with Crippen molar-refractivity contribution in [3.8, 4) is 0 Å². The van der Waals surface area contributed by atoms with Crippen LogP contribution in [0.3, 0.4) is 0 Å². The molecular formula is C18H17F4N3O3. The lowest BCUT2D eigenvalue weighted by atomic mass is 10.1. The van der Waals surface area contributed by atoms with E-state index in [9.17, 15) is 27.2 Å². The zero-order valence-electron chi connectivity index (χ0n) is 15.1. The van der Waals surface area contributed by atoms with E-state index in [2.05, 4.69) is 15.6 Å². The predicted octanol–water partition coefficient (Wildman–Crippen LogP) is 4.84. The van der Waals surface area contributed by atoms with E-state index >= 15 is 0 Å². The van der Waals surface area contributed by atoms with Gasteiger partial charge in [-0.15, -0.1) is 0 Å². The first-order valence-electron chi connectivity index (χ1n) is 7.99. The third-order valence-corrected chi connectivity index (χ3v) is 3.18. The number of carbonyl (C=O) groups is 2. The van der Waals surface area contributed by atoms with Crippen LogP contribution in [0, 0.1) is 5.82 Å². The first-order chi connectivity index (χ1) is 12.8. The monoisotopic (exact) mass is 399 g/mol. The summed E-state index contributed by atoms with van der Waals surface area (Å²) in [5.74, 6) is -2.20. The van der Waals surface area contributed by atoms with Crippen molar-refractivity contribution in [2.75, 3.05) is 10.6 Å². The fraction of sp³-hybridized carbons (Fsp3) is 0.278. The Balaban J connectivity index is 2.06. The molecule has 1 aromatic heterocycles. The Labute approximate surface area is 157 Å². The van der Waals surface area contributed by atoms with Gasteiger partial charge in [-0.1, -0.05) is 0 Å². The van der Waals surface area contributed by atoms with E-state index in [1.54, 1.807) is 20.8 Å². The topological polar surface area (TPSA) is 80.3 Å². The van der Waals surface area contributed by atoms with E-state index in [0.717, 1.165) is 6.07 Å². The molecule has 0 aliphatic carbocycles. The zero-order valence-corrected chi connectivity index (χ0v) is 15.1. The van der Waals surface area contributed by atoms with Crippen LogP contribution in [0.25, 0.3) is 0 Å². The van der Waals surface area contributed by atoms with Gasteiger partial charge in [-0.25, -0.2) is 14.2 Å². The molecule has 2 amide bonds. The van der Waals surface area contributed by atoms with Gasteiger partial charge in [0.1, 0.15) is 17.2 Å². The minimum atomic E-state index is -4.92. The molecule has 1 aromatic carbocycles. The molecule has 0 bridgehead atoms. The number of halogens is 4. The maximum Gasteiger partial charge on any atom is 0.419 e. The van der Waals surface area contributed by atoms with Crippen molar-refractivity contribution in [2.45, 2.75) is 32.5 Å². The lowest BCUT2D eigenvalue weighted by Crippen LogP contribution is -2.27. The summed E-state index contributed by atoms with van der Waals surface area (Å²) >= 11 is 0. The molecule has 150 valence electrons. The number of carbonyl (C=O) groups excluding carboxylic acids is 2. The quantitative estimate of drug-likeness (QED) is 0.724. The number of anilines is 2. The number of pyridine rings is 1. The molecule has 0 saturated carbocycles. The van der Waals surface area contributed by atoms with Gasteiger partial charge in [-0.05, 0) is 51.1 Å². The first-order valence-corrected chi connectivity index (χ1v) is 7.99. The summed E-state index contributed by atoms with van der Waals surface area (Å²) < 4.78 is 56.6. The molecule has 0 saturated heterocycles. The Hall–Kier alpha value is -3.17. The summed E-state index contributed by atoms with van der Waals surface area (Å²) in [6, 6.07) is 4.68. The molecule has 0 aliphatic rings. The van der Waals surface area contributed by atoms with Crippen LogP contribution >= 0.6 is 0 Å². The van der Waals surface area contributed by atoms with Crippen molar-refractivity contribution < 1.29 is 31.9 Å². The summed E-state index contributed by atoms with van der Waals surface area (Å²) in [6.45, 7) is 5.08. The standard InChI is InChI=1S/C18H17F4N3O3/c1-17(2,3)28-16(27)25-14-7-5-11(9-23-14)24-15(26)10-4-6-13(19)12(8-10)18(20,21)22/h4-9H,1-3H3,(H,24,26)(H,23,25,27). The molecule has 28 heavy (non-hydrogen) atoms. The number of nitrogens with zero attached hydrogens (tertiary/aromatic N) is 1. The van der Waals surface area contributed by atoms with Gasteiger partial charge in [0.05, 0.1) is 17.4 Å². The Bertz CT molecular complexity index is 875. The average Bonchev–Trinajstić information content (AvgIpc) is 2.54. The Kier molecular flexibility index (Phi) is 5.91. The molecule has 0 unspecified atom stereocenters. The van der Waals surface area contributed by atoms with Crippen LogP contribution in [0.5, 0.6) is 0 Å². The number of amides is 2. The minimum Gasteiger partial charge on any atom is -0.444 e. The Morgan fingerprint density at radius 1 is 1.04 bits per heavy atom. The molecule has 0 radical (unpaired) electrons. The third-order valence-electron chi connectivity index (χ3n) is 3.18. The number of nitrogens with one attached hydrogen (secondary N) is 2. The molecule has 0 fully saturated rings. The number of alkyl halides is 3. The van der Waals surface area contributed by atoms with Crippen LogP contribution < -0.4 is 10.6 Å². The predicted molar refractivity (Wildman–Crippen MR) is 93.4 cm³/mol. The fourth-order valence-electron chi connectivity index (χ4n) is 2.04.